The van der Waals surface area contributed by atoms with Crippen LogP contribution in [-0.4, -0.2) is 20.9 Å². The highest BCUT2D eigenvalue weighted by Crippen LogP contribution is 2.20. The van der Waals surface area contributed by atoms with Gasteiger partial charge in [0.2, 0.25) is 0 Å². The van der Waals surface area contributed by atoms with Crippen LogP contribution in [0.1, 0.15) is 27.0 Å². The van der Waals surface area contributed by atoms with E-state index in [4.69, 9.17) is 4.74 Å². The SMILES string of the molecule is Cc1ccc(Oc2cn(Cc3ccc4c(c3)CNC4=O)nn2)cc1. The highest BCUT2D eigenvalue weighted by molar-refractivity contribution is 5.98. The molecule has 0 bridgehead atoms. The average molecular weight is 320 g/mol. The number of hydrogen-bond donors (Lipinski definition) is 1. The first-order valence-corrected chi connectivity index (χ1v) is 7.72. The maximum Gasteiger partial charge on any atom is 0.258 e. The fourth-order valence-corrected chi connectivity index (χ4v) is 2.70. The van der Waals surface area contributed by atoms with Gasteiger partial charge in [0.15, 0.2) is 0 Å². The summed E-state index contributed by atoms with van der Waals surface area (Å²) in [7, 11) is 0. The van der Waals surface area contributed by atoms with Crippen molar-refractivity contribution in [1.29, 1.82) is 0 Å². The van der Waals surface area contributed by atoms with Crippen molar-refractivity contribution in [3.63, 3.8) is 0 Å². The van der Waals surface area contributed by atoms with E-state index in [9.17, 15) is 4.79 Å². The van der Waals surface area contributed by atoms with Crippen LogP contribution in [0.4, 0.5) is 0 Å². The predicted molar refractivity (Wildman–Crippen MR) is 88.0 cm³/mol. The standard InChI is InChI=1S/C18H16N4O2/c1-12-2-5-15(6-3-12)24-17-11-22(21-20-17)10-13-4-7-16-14(8-13)9-19-18(16)23/h2-8,11H,9-10H2,1H3,(H,19,23). The molecule has 0 spiro atoms. The molecule has 2 aromatic carbocycles. The van der Waals surface area contributed by atoms with Crippen LogP contribution < -0.4 is 10.1 Å². The minimum Gasteiger partial charge on any atom is -0.436 e. The van der Waals surface area contributed by atoms with Crippen LogP contribution in [0.3, 0.4) is 0 Å². The van der Waals surface area contributed by atoms with E-state index in [0.29, 0.717) is 19.0 Å². The number of rotatable bonds is 4. The third kappa shape index (κ3) is 2.86. The summed E-state index contributed by atoms with van der Waals surface area (Å²) in [5.74, 6) is 1.18. The zero-order valence-corrected chi connectivity index (χ0v) is 13.2. The van der Waals surface area contributed by atoms with Crippen LogP contribution in [0.5, 0.6) is 11.6 Å². The van der Waals surface area contributed by atoms with Crippen LogP contribution in [0.2, 0.25) is 0 Å². The molecule has 0 saturated heterocycles. The third-order valence-electron chi connectivity index (χ3n) is 3.96. The van der Waals surface area contributed by atoms with Gasteiger partial charge in [-0.25, -0.2) is 4.68 Å². The number of hydrogen-bond acceptors (Lipinski definition) is 4. The zero-order valence-electron chi connectivity index (χ0n) is 13.2. The lowest BCUT2D eigenvalue weighted by Gasteiger charge is -2.03. The molecule has 1 aromatic heterocycles. The summed E-state index contributed by atoms with van der Waals surface area (Å²) in [4.78, 5) is 11.6. The minimum absolute atomic E-state index is 0.00825. The number of nitrogens with zero attached hydrogens (tertiary/aromatic N) is 3. The molecule has 2 heterocycles. The molecular formula is C18H16N4O2. The van der Waals surface area contributed by atoms with Crippen molar-refractivity contribution in [3.05, 3.63) is 70.9 Å². The molecule has 24 heavy (non-hydrogen) atoms. The lowest BCUT2D eigenvalue weighted by atomic mass is 10.1. The van der Waals surface area contributed by atoms with Crippen molar-refractivity contribution in [2.45, 2.75) is 20.0 Å². The summed E-state index contributed by atoms with van der Waals surface area (Å²) in [6.45, 7) is 3.19. The van der Waals surface area contributed by atoms with Gasteiger partial charge in [-0.3, -0.25) is 4.79 Å². The Balaban J connectivity index is 1.47. The topological polar surface area (TPSA) is 69.0 Å². The van der Waals surface area contributed by atoms with Gasteiger partial charge in [0.05, 0.1) is 12.7 Å². The van der Waals surface area contributed by atoms with Gasteiger partial charge in [-0.1, -0.05) is 40.1 Å². The predicted octanol–water partition coefficient (Wildman–Crippen LogP) is 2.67. The maximum atomic E-state index is 11.6. The molecule has 6 heteroatoms. The Hall–Kier alpha value is -3.15. The summed E-state index contributed by atoms with van der Waals surface area (Å²) in [6, 6.07) is 13.6. The molecule has 6 nitrogen and oxygen atoms in total. The van der Waals surface area contributed by atoms with Crippen molar-refractivity contribution < 1.29 is 9.53 Å². The zero-order chi connectivity index (χ0) is 16.5. The van der Waals surface area contributed by atoms with Crippen molar-refractivity contribution >= 4 is 5.91 Å². The van der Waals surface area contributed by atoms with E-state index in [2.05, 4.69) is 15.6 Å². The van der Waals surface area contributed by atoms with Crippen LogP contribution in [0.15, 0.2) is 48.7 Å². The van der Waals surface area contributed by atoms with E-state index >= 15 is 0 Å². The summed E-state index contributed by atoms with van der Waals surface area (Å²) in [6.07, 6.45) is 1.76. The molecule has 1 aliphatic heterocycles. The lowest BCUT2D eigenvalue weighted by molar-refractivity contribution is 0.0966. The minimum atomic E-state index is -0.00825. The molecule has 120 valence electrons. The summed E-state index contributed by atoms with van der Waals surface area (Å²) < 4.78 is 7.41. The number of ether oxygens (including phenoxy) is 1. The molecule has 3 aromatic rings. The van der Waals surface area contributed by atoms with Crippen molar-refractivity contribution in [1.82, 2.24) is 20.3 Å². The average Bonchev–Trinajstić information content (AvgIpc) is 3.17. The number of benzene rings is 2. The molecule has 0 fully saturated rings. The van der Waals surface area contributed by atoms with E-state index in [0.717, 1.165) is 22.4 Å². The maximum absolute atomic E-state index is 11.6. The normalized spacial score (nSPS) is 12.8. The molecule has 1 amide bonds. The Kier molecular flexibility index (Phi) is 3.49. The first kappa shape index (κ1) is 14.4. The van der Waals surface area contributed by atoms with Gasteiger partial charge < -0.3 is 10.1 Å². The number of carbonyl (C=O) groups excluding carboxylic acids is 1. The van der Waals surface area contributed by atoms with E-state index in [1.807, 2.05) is 49.4 Å². The quantitative estimate of drug-likeness (QED) is 0.802. The molecule has 0 aliphatic carbocycles. The van der Waals surface area contributed by atoms with Crippen molar-refractivity contribution in [3.8, 4) is 11.6 Å². The molecule has 4 rings (SSSR count). The Morgan fingerprint density at radius 3 is 2.88 bits per heavy atom. The van der Waals surface area contributed by atoms with E-state index in [-0.39, 0.29) is 5.91 Å². The highest BCUT2D eigenvalue weighted by atomic mass is 16.5. The van der Waals surface area contributed by atoms with Gasteiger partial charge in [0, 0.05) is 12.1 Å². The second-order valence-corrected chi connectivity index (χ2v) is 5.84. The van der Waals surface area contributed by atoms with Crippen LogP contribution in [0, 0.1) is 6.92 Å². The van der Waals surface area contributed by atoms with Crippen LogP contribution >= 0.6 is 0 Å². The summed E-state index contributed by atoms with van der Waals surface area (Å²) >= 11 is 0. The number of aromatic nitrogens is 3. The largest absolute Gasteiger partial charge is 0.436 e. The second-order valence-electron chi connectivity index (χ2n) is 5.84. The van der Waals surface area contributed by atoms with E-state index < -0.39 is 0 Å². The van der Waals surface area contributed by atoms with Gasteiger partial charge >= 0.3 is 0 Å². The smallest absolute Gasteiger partial charge is 0.258 e. The van der Waals surface area contributed by atoms with Gasteiger partial charge in [-0.05, 0) is 36.2 Å². The van der Waals surface area contributed by atoms with E-state index in [1.54, 1.807) is 10.9 Å². The fourth-order valence-electron chi connectivity index (χ4n) is 2.70. The van der Waals surface area contributed by atoms with Gasteiger partial charge in [-0.15, -0.1) is 0 Å². The van der Waals surface area contributed by atoms with E-state index in [1.165, 1.54) is 5.56 Å². The molecule has 0 atom stereocenters. The van der Waals surface area contributed by atoms with Crippen molar-refractivity contribution in [2.24, 2.45) is 0 Å². The Bertz CT molecular complexity index is 900. The summed E-state index contributed by atoms with van der Waals surface area (Å²) in [5, 5.41) is 10.9. The fraction of sp³-hybridized carbons (Fsp3) is 0.167. The van der Waals surface area contributed by atoms with Gasteiger partial charge in [0.1, 0.15) is 5.75 Å². The Morgan fingerprint density at radius 2 is 2.04 bits per heavy atom. The van der Waals surface area contributed by atoms with Crippen LogP contribution in [0.25, 0.3) is 0 Å². The first-order chi connectivity index (χ1) is 11.7. The number of amides is 1. The number of fused-ring (bicyclic) bond motifs is 1. The lowest BCUT2D eigenvalue weighted by Crippen LogP contribution is -2.12. The molecule has 1 N–H and O–H groups in total. The second kappa shape index (κ2) is 5.81. The number of aryl methyl sites for hydroxylation is 1. The van der Waals surface area contributed by atoms with Crippen LogP contribution in [-0.2, 0) is 13.1 Å². The molecule has 0 unspecified atom stereocenters. The Labute approximate surface area is 139 Å². The Morgan fingerprint density at radius 1 is 1.21 bits per heavy atom. The third-order valence-corrected chi connectivity index (χ3v) is 3.96. The summed E-state index contributed by atoms with van der Waals surface area (Å²) in [5.41, 5.74) is 4.02. The molecule has 1 aliphatic rings. The van der Waals surface area contributed by atoms with Crippen molar-refractivity contribution in [2.75, 3.05) is 0 Å². The monoisotopic (exact) mass is 320 g/mol. The van der Waals surface area contributed by atoms with Gasteiger partial charge in [0.25, 0.3) is 11.8 Å². The molecule has 0 radical (unpaired) electrons. The number of carbonyl (C=O) groups is 1. The highest BCUT2D eigenvalue weighted by Gasteiger charge is 2.18. The number of nitrogens with one attached hydrogen (secondary N) is 1. The molecular weight excluding hydrogens is 304 g/mol. The van der Waals surface area contributed by atoms with Gasteiger partial charge in [-0.2, -0.15) is 0 Å². The molecule has 0 saturated carbocycles. The first-order valence-electron chi connectivity index (χ1n) is 7.72.